The Balaban J connectivity index is 0.00000256. The van der Waals surface area contributed by atoms with Crippen molar-refractivity contribution < 1.29 is 9.26 Å². The minimum Gasteiger partial charge on any atom is -0.487 e. The summed E-state index contributed by atoms with van der Waals surface area (Å²) in [6.07, 6.45) is 5.71. The van der Waals surface area contributed by atoms with Crippen LogP contribution in [0.2, 0.25) is 0 Å². The van der Waals surface area contributed by atoms with Gasteiger partial charge in [-0.1, -0.05) is 37.2 Å². The molecule has 0 saturated heterocycles. The maximum Gasteiger partial charge on any atom is 0.192 e. The monoisotopic (exact) mass is 524 g/mol. The molecule has 1 saturated carbocycles. The molecular formula is C23H33IN4O2. The van der Waals surface area contributed by atoms with E-state index in [1.54, 1.807) is 0 Å². The lowest BCUT2D eigenvalue weighted by molar-refractivity contribution is 0.0396. The van der Waals surface area contributed by atoms with Crippen molar-refractivity contribution in [1.82, 2.24) is 15.8 Å². The van der Waals surface area contributed by atoms with Crippen LogP contribution >= 0.6 is 24.0 Å². The zero-order chi connectivity index (χ0) is 20.3. The van der Waals surface area contributed by atoms with Gasteiger partial charge in [0, 0.05) is 24.6 Å². The Morgan fingerprint density at radius 3 is 2.73 bits per heavy atom. The van der Waals surface area contributed by atoms with Crippen LogP contribution in [0.15, 0.2) is 39.8 Å². The number of guanidine groups is 1. The number of aliphatic imine (C=N–C) groups is 1. The molecule has 1 atom stereocenters. The second kappa shape index (κ2) is 10.0. The molecule has 164 valence electrons. The molecule has 0 bridgehead atoms. The first-order chi connectivity index (χ1) is 14.1. The van der Waals surface area contributed by atoms with Gasteiger partial charge in [0.25, 0.3) is 0 Å². The molecule has 30 heavy (non-hydrogen) atoms. The second-order valence-electron chi connectivity index (χ2n) is 8.50. The predicted octanol–water partition coefficient (Wildman–Crippen LogP) is 5.31. The van der Waals surface area contributed by atoms with Gasteiger partial charge in [-0.3, -0.25) is 0 Å². The SMILES string of the molecule is CCNC(=NCc1cc(C(C)C)no1)NC1CC2(CCCC2)Oc2ccccc21.I. The Bertz CT molecular complexity index is 858. The van der Waals surface area contributed by atoms with Crippen molar-refractivity contribution in [2.75, 3.05) is 6.54 Å². The molecule has 2 aliphatic rings. The van der Waals surface area contributed by atoms with Crippen LogP contribution in [0.25, 0.3) is 0 Å². The molecule has 1 aromatic carbocycles. The average molecular weight is 524 g/mol. The molecule has 2 heterocycles. The third-order valence-electron chi connectivity index (χ3n) is 5.93. The quantitative estimate of drug-likeness (QED) is 0.315. The number of halogens is 1. The van der Waals surface area contributed by atoms with Crippen molar-refractivity contribution in [3.63, 3.8) is 0 Å². The first-order valence-corrected chi connectivity index (χ1v) is 10.9. The summed E-state index contributed by atoms with van der Waals surface area (Å²) < 4.78 is 11.9. The van der Waals surface area contributed by atoms with Gasteiger partial charge in [-0.25, -0.2) is 4.99 Å². The number of hydrogen-bond acceptors (Lipinski definition) is 4. The summed E-state index contributed by atoms with van der Waals surface area (Å²) in [5.74, 6) is 2.94. The van der Waals surface area contributed by atoms with Crippen LogP contribution in [0.1, 0.15) is 81.9 Å². The topological polar surface area (TPSA) is 71.7 Å². The molecular weight excluding hydrogens is 491 g/mol. The number of nitrogens with zero attached hydrogens (tertiary/aromatic N) is 2. The fraction of sp³-hybridized carbons (Fsp3) is 0.565. The lowest BCUT2D eigenvalue weighted by Gasteiger charge is -2.40. The number of fused-ring (bicyclic) bond motifs is 1. The van der Waals surface area contributed by atoms with Gasteiger partial charge in [-0.2, -0.15) is 0 Å². The summed E-state index contributed by atoms with van der Waals surface area (Å²) in [5.41, 5.74) is 2.13. The maximum atomic E-state index is 6.48. The smallest absolute Gasteiger partial charge is 0.192 e. The van der Waals surface area contributed by atoms with E-state index in [-0.39, 0.29) is 35.6 Å². The maximum absolute atomic E-state index is 6.48. The number of rotatable bonds is 5. The van der Waals surface area contributed by atoms with Crippen LogP contribution < -0.4 is 15.4 Å². The number of para-hydroxylation sites is 1. The zero-order valence-corrected chi connectivity index (χ0v) is 20.4. The van der Waals surface area contributed by atoms with E-state index in [1.807, 2.05) is 6.07 Å². The van der Waals surface area contributed by atoms with Crippen molar-refractivity contribution in [3.05, 3.63) is 47.3 Å². The fourth-order valence-corrected chi connectivity index (χ4v) is 4.39. The van der Waals surface area contributed by atoms with E-state index in [1.165, 1.54) is 18.4 Å². The lowest BCUT2D eigenvalue weighted by atomic mass is 9.86. The molecule has 1 aliphatic carbocycles. The molecule has 6 nitrogen and oxygen atoms in total. The van der Waals surface area contributed by atoms with E-state index in [4.69, 9.17) is 14.3 Å². The van der Waals surface area contributed by atoms with E-state index in [0.717, 1.165) is 49.0 Å². The molecule has 7 heteroatoms. The largest absolute Gasteiger partial charge is 0.487 e. The van der Waals surface area contributed by atoms with E-state index < -0.39 is 0 Å². The summed E-state index contributed by atoms with van der Waals surface area (Å²) >= 11 is 0. The van der Waals surface area contributed by atoms with Crippen LogP contribution in [0, 0.1) is 0 Å². The normalized spacial score (nSPS) is 19.9. The van der Waals surface area contributed by atoms with Crippen LogP contribution in [0.5, 0.6) is 5.75 Å². The summed E-state index contributed by atoms with van der Waals surface area (Å²) in [6, 6.07) is 10.6. The summed E-state index contributed by atoms with van der Waals surface area (Å²) in [5, 5.41) is 11.2. The van der Waals surface area contributed by atoms with Crippen LogP contribution in [-0.2, 0) is 6.54 Å². The van der Waals surface area contributed by atoms with Crippen LogP contribution in [0.4, 0.5) is 0 Å². The Morgan fingerprint density at radius 1 is 1.27 bits per heavy atom. The molecule has 1 spiro atoms. The van der Waals surface area contributed by atoms with Crippen molar-refractivity contribution in [1.29, 1.82) is 0 Å². The predicted molar refractivity (Wildman–Crippen MR) is 130 cm³/mol. The number of aromatic nitrogens is 1. The van der Waals surface area contributed by atoms with Gasteiger partial charge in [0.2, 0.25) is 0 Å². The van der Waals surface area contributed by atoms with Gasteiger partial charge in [-0.05, 0) is 44.6 Å². The minimum absolute atomic E-state index is 0. The standard InChI is InChI=1S/C23H32N4O2.HI/c1-4-24-22(25-15-17-13-19(16(2)3)27-29-17)26-20-14-23(11-7-8-12-23)28-21-10-6-5-9-18(20)21;/h5-6,9-10,13,16,20H,4,7-8,11-12,14-15H2,1-3H3,(H2,24,25,26);1H. The van der Waals surface area contributed by atoms with Gasteiger partial charge < -0.3 is 19.9 Å². The molecule has 1 aromatic heterocycles. The molecule has 1 unspecified atom stereocenters. The van der Waals surface area contributed by atoms with E-state index in [0.29, 0.717) is 12.5 Å². The number of ether oxygens (including phenoxy) is 1. The molecule has 0 amide bonds. The van der Waals surface area contributed by atoms with Gasteiger partial charge in [0.15, 0.2) is 11.7 Å². The Kier molecular flexibility index (Phi) is 7.65. The highest BCUT2D eigenvalue weighted by atomic mass is 127. The third-order valence-corrected chi connectivity index (χ3v) is 5.93. The third kappa shape index (κ3) is 5.10. The number of nitrogens with one attached hydrogen (secondary N) is 2. The summed E-state index contributed by atoms with van der Waals surface area (Å²) in [4.78, 5) is 4.76. The van der Waals surface area contributed by atoms with Crippen LogP contribution in [-0.4, -0.2) is 23.3 Å². The highest BCUT2D eigenvalue weighted by Crippen LogP contribution is 2.46. The zero-order valence-electron chi connectivity index (χ0n) is 18.1. The Morgan fingerprint density at radius 2 is 2.03 bits per heavy atom. The summed E-state index contributed by atoms with van der Waals surface area (Å²) in [7, 11) is 0. The number of hydrogen-bond donors (Lipinski definition) is 2. The van der Waals surface area contributed by atoms with E-state index in [9.17, 15) is 0 Å². The highest BCUT2D eigenvalue weighted by Gasteiger charge is 2.43. The first-order valence-electron chi connectivity index (χ1n) is 10.9. The first kappa shape index (κ1) is 22.9. The molecule has 2 N–H and O–H groups in total. The Labute approximate surface area is 196 Å². The van der Waals surface area contributed by atoms with E-state index in [2.05, 4.69) is 60.8 Å². The lowest BCUT2D eigenvalue weighted by Crippen LogP contribution is -2.46. The highest BCUT2D eigenvalue weighted by molar-refractivity contribution is 14.0. The van der Waals surface area contributed by atoms with Gasteiger partial charge in [-0.15, -0.1) is 24.0 Å². The average Bonchev–Trinajstić information content (AvgIpc) is 3.36. The Hall–Kier alpha value is -1.77. The molecule has 4 rings (SSSR count). The van der Waals surface area contributed by atoms with Crippen LogP contribution in [0.3, 0.4) is 0 Å². The van der Waals surface area contributed by atoms with E-state index >= 15 is 0 Å². The van der Waals surface area contributed by atoms with Crippen molar-refractivity contribution in [3.8, 4) is 5.75 Å². The molecule has 1 fully saturated rings. The molecule has 1 aliphatic heterocycles. The summed E-state index contributed by atoms with van der Waals surface area (Å²) in [6.45, 7) is 7.56. The molecule has 0 radical (unpaired) electrons. The van der Waals surface area contributed by atoms with Crippen molar-refractivity contribution in [2.24, 2.45) is 4.99 Å². The molecule has 2 aromatic rings. The van der Waals surface area contributed by atoms with Crippen molar-refractivity contribution >= 4 is 29.9 Å². The second-order valence-corrected chi connectivity index (χ2v) is 8.50. The van der Waals surface area contributed by atoms with Crippen molar-refractivity contribution in [2.45, 2.75) is 77.0 Å². The van der Waals surface area contributed by atoms with Gasteiger partial charge in [0.1, 0.15) is 17.9 Å². The van der Waals surface area contributed by atoms with Gasteiger partial charge in [0.05, 0.1) is 11.7 Å². The van der Waals surface area contributed by atoms with Gasteiger partial charge >= 0.3 is 0 Å². The number of benzene rings is 1. The fourth-order valence-electron chi connectivity index (χ4n) is 4.39. The minimum atomic E-state index is -0.0412.